The van der Waals surface area contributed by atoms with E-state index in [9.17, 15) is 9.18 Å². The maximum atomic E-state index is 13.4. The van der Waals surface area contributed by atoms with Crippen LogP contribution in [0.25, 0.3) is 21.9 Å². The fraction of sp³-hybridized carbons (Fsp3) is 0.375. The van der Waals surface area contributed by atoms with Crippen molar-refractivity contribution < 1.29 is 9.13 Å². The molecule has 0 unspecified atom stereocenters. The zero-order valence-corrected chi connectivity index (χ0v) is 12.6. The molecular formula is C16H18FN3O2. The molecule has 0 fully saturated rings. The van der Waals surface area contributed by atoms with Crippen molar-refractivity contribution in [3.8, 4) is 0 Å². The van der Waals surface area contributed by atoms with Gasteiger partial charge in [0.2, 0.25) is 0 Å². The standard InChI is InChI=1S/C16H18FN3O2/c1-10(2)22-7-3-6-20-9-18-14-12-8-11(17)4-5-13(12)19-15(14)16(20)21/h4-5,8-10,19H,3,6-7H2,1-2H3. The lowest BCUT2D eigenvalue weighted by atomic mass is 10.2. The molecule has 0 bridgehead atoms. The van der Waals surface area contributed by atoms with Gasteiger partial charge in [-0.3, -0.25) is 9.36 Å². The van der Waals surface area contributed by atoms with Crippen LogP contribution in [-0.2, 0) is 11.3 Å². The number of fused-ring (bicyclic) bond motifs is 3. The van der Waals surface area contributed by atoms with Crippen LogP contribution in [0.4, 0.5) is 4.39 Å². The monoisotopic (exact) mass is 303 g/mol. The van der Waals surface area contributed by atoms with Crippen LogP contribution < -0.4 is 5.56 Å². The molecule has 0 saturated carbocycles. The van der Waals surface area contributed by atoms with Gasteiger partial charge < -0.3 is 9.72 Å². The highest BCUT2D eigenvalue weighted by Gasteiger charge is 2.11. The first-order valence-electron chi connectivity index (χ1n) is 7.34. The van der Waals surface area contributed by atoms with Gasteiger partial charge in [0.1, 0.15) is 16.9 Å². The summed E-state index contributed by atoms with van der Waals surface area (Å²) >= 11 is 0. The first-order chi connectivity index (χ1) is 10.6. The smallest absolute Gasteiger partial charge is 0.277 e. The summed E-state index contributed by atoms with van der Waals surface area (Å²) < 4.78 is 20.4. The van der Waals surface area contributed by atoms with E-state index in [0.717, 1.165) is 6.42 Å². The summed E-state index contributed by atoms with van der Waals surface area (Å²) in [5.74, 6) is -0.342. The molecule has 0 aliphatic heterocycles. The van der Waals surface area contributed by atoms with Gasteiger partial charge in [-0.2, -0.15) is 0 Å². The van der Waals surface area contributed by atoms with Crippen molar-refractivity contribution in [2.75, 3.05) is 6.61 Å². The van der Waals surface area contributed by atoms with Crippen LogP contribution in [0.5, 0.6) is 0 Å². The average molecular weight is 303 g/mol. The van der Waals surface area contributed by atoms with Gasteiger partial charge in [0.05, 0.1) is 12.4 Å². The maximum Gasteiger partial charge on any atom is 0.277 e. The van der Waals surface area contributed by atoms with Gasteiger partial charge in [0.25, 0.3) is 5.56 Å². The van der Waals surface area contributed by atoms with Crippen molar-refractivity contribution in [3.05, 3.63) is 40.7 Å². The Kier molecular flexibility index (Phi) is 3.94. The van der Waals surface area contributed by atoms with Crippen LogP contribution >= 0.6 is 0 Å². The Labute approximate surface area is 126 Å². The molecule has 0 amide bonds. The second-order valence-electron chi connectivity index (χ2n) is 5.55. The van der Waals surface area contributed by atoms with Gasteiger partial charge >= 0.3 is 0 Å². The number of nitrogens with zero attached hydrogens (tertiary/aromatic N) is 2. The molecule has 2 aromatic heterocycles. The predicted molar refractivity (Wildman–Crippen MR) is 83.5 cm³/mol. The van der Waals surface area contributed by atoms with Crippen molar-refractivity contribution in [2.24, 2.45) is 0 Å². The molecule has 0 aliphatic rings. The lowest BCUT2D eigenvalue weighted by Gasteiger charge is -2.08. The Morgan fingerprint density at radius 1 is 1.41 bits per heavy atom. The number of hydrogen-bond donors (Lipinski definition) is 1. The molecule has 1 aromatic carbocycles. The van der Waals surface area contributed by atoms with Gasteiger partial charge in [0.15, 0.2) is 0 Å². The van der Waals surface area contributed by atoms with Crippen molar-refractivity contribution >= 4 is 21.9 Å². The van der Waals surface area contributed by atoms with Gasteiger partial charge in [-0.15, -0.1) is 0 Å². The maximum absolute atomic E-state index is 13.4. The second kappa shape index (κ2) is 5.88. The number of benzene rings is 1. The van der Waals surface area contributed by atoms with Crippen molar-refractivity contribution in [3.63, 3.8) is 0 Å². The van der Waals surface area contributed by atoms with Crippen LogP contribution in [-0.4, -0.2) is 27.2 Å². The van der Waals surface area contributed by atoms with Crippen LogP contribution in [0.1, 0.15) is 20.3 Å². The summed E-state index contributed by atoms with van der Waals surface area (Å²) in [6, 6.07) is 4.37. The Hall–Kier alpha value is -2.21. The molecule has 0 atom stereocenters. The van der Waals surface area contributed by atoms with Crippen LogP contribution in [0.15, 0.2) is 29.3 Å². The predicted octanol–water partition coefficient (Wildman–Crippen LogP) is 2.83. The number of aryl methyl sites for hydroxylation is 1. The number of rotatable bonds is 5. The second-order valence-corrected chi connectivity index (χ2v) is 5.55. The zero-order valence-electron chi connectivity index (χ0n) is 12.6. The number of halogens is 1. The van der Waals surface area contributed by atoms with Gasteiger partial charge in [0, 0.05) is 24.1 Å². The van der Waals surface area contributed by atoms with Gasteiger partial charge in [-0.05, 0) is 38.5 Å². The molecule has 1 N–H and O–H groups in total. The van der Waals surface area contributed by atoms with Gasteiger partial charge in [-0.1, -0.05) is 0 Å². The van der Waals surface area contributed by atoms with E-state index in [1.54, 1.807) is 10.6 Å². The molecule has 6 heteroatoms. The quantitative estimate of drug-likeness (QED) is 0.737. The fourth-order valence-corrected chi connectivity index (χ4v) is 2.48. The molecule has 3 rings (SSSR count). The summed E-state index contributed by atoms with van der Waals surface area (Å²) in [5.41, 5.74) is 1.48. The Balaban J connectivity index is 1.92. The molecule has 3 aromatic rings. The fourth-order valence-electron chi connectivity index (χ4n) is 2.48. The minimum atomic E-state index is -0.342. The highest BCUT2D eigenvalue weighted by molar-refractivity contribution is 6.04. The first kappa shape index (κ1) is 14.7. The Bertz CT molecular complexity index is 867. The summed E-state index contributed by atoms with van der Waals surface area (Å²) in [7, 11) is 0. The SMILES string of the molecule is CC(C)OCCCn1cnc2c([nH]c3ccc(F)cc32)c1=O. The molecule has 0 saturated heterocycles. The number of H-pyrrole nitrogens is 1. The number of aromatic amines is 1. The third-order valence-electron chi connectivity index (χ3n) is 3.53. The van der Waals surface area contributed by atoms with E-state index in [1.165, 1.54) is 18.5 Å². The van der Waals surface area contributed by atoms with Crippen molar-refractivity contribution in [1.82, 2.24) is 14.5 Å². The molecule has 116 valence electrons. The van der Waals surface area contributed by atoms with E-state index in [1.807, 2.05) is 13.8 Å². The van der Waals surface area contributed by atoms with Crippen molar-refractivity contribution in [1.29, 1.82) is 0 Å². The third-order valence-corrected chi connectivity index (χ3v) is 3.53. The normalized spacial score (nSPS) is 11.8. The molecule has 2 heterocycles. The first-order valence-corrected chi connectivity index (χ1v) is 7.34. The Morgan fingerprint density at radius 3 is 3.00 bits per heavy atom. The minimum absolute atomic E-state index is 0.147. The average Bonchev–Trinajstić information content (AvgIpc) is 2.84. The summed E-state index contributed by atoms with van der Waals surface area (Å²) in [6.07, 6.45) is 2.43. The molecule has 0 radical (unpaired) electrons. The lowest BCUT2D eigenvalue weighted by molar-refractivity contribution is 0.0747. The minimum Gasteiger partial charge on any atom is -0.379 e. The number of ether oxygens (including phenoxy) is 1. The molecule has 0 spiro atoms. The van der Waals surface area contributed by atoms with E-state index < -0.39 is 0 Å². The zero-order chi connectivity index (χ0) is 15.7. The highest BCUT2D eigenvalue weighted by Crippen LogP contribution is 2.21. The third kappa shape index (κ3) is 2.74. The van der Waals surface area contributed by atoms with Crippen LogP contribution in [0, 0.1) is 5.82 Å². The van der Waals surface area contributed by atoms with E-state index in [0.29, 0.717) is 35.1 Å². The van der Waals surface area contributed by atoms with E-state index in [4.69, 9.17) is 4.74 Å². The molecule has 0 aliphatic carbocycles. The number of aromatic nitrogens is 3. The topological polar surface area (TPSA) is 59.9 Å². The highest BCUT2D eigenvalue weighted by atomic mass is 19.1. The van der Waals surface area contributed by atoms with E-state index in [2.05, 4.69) is 9.97 Å². The summed E-state index contributed by atoms with van der Waals surface area (Å²) in [5, 5.41) is 0.627. The summed E-state index contributed by atoms with van der Waals surface area (Å²) in [6.45, 7) is 5.09. The lowest BCUT2D eigenvalue weighted by Crippen LogP contribution is -2.21. The molecular weight excluding hydrogens is 285 g/mol. The van der Waals surface area contributed by atoms with Gasteiger partial charge in [-0.25, -0.2) is 9.37 Å². The van der Waals surface area contributed by atoms with E-state index in [-0.39, 0.29) is 17.5 Å². The molecule has 22 heavy (non-hydrogen) atoms. The summed E-state index contributed by atoms with van der Waals surface area (Å²) in [4.78, 5) is 19.8. The number of nitrogens with one attached hydrogen (secondary N) is 1. The number of hydrogen-bond acceptors (Lipinski definition) is 3. The van der Waals surface area contributed by atoms with Crippen LogP contribution in [0.3, 0.4) is 0 Å². The molecule has 5 nitrogen and oxygen atoms in total. The largest absolute Gasteiger partial charge is 0.379 e. The van der Waals surface area contributed by atoms with Crippen LogP contribution in [0.2, 0.25) is 0 Å². The Morgan fingerprint density at radius 2 is 2.23 bits per heavy atom. The van der Waals surface area contributed by atoms with Crippen molar-refractivity contribution in [2.45, 2.75) is 32.9 Å². The van der Waals surface area contributed by atoms with E-state index >= 15 is 0 Å².